The number of anilines is 1. The summed E-state index contributed by atoms with van der Waals surface area (Å²) < 4.78 is 36.8. The Balaban J connectivity index is 1.38. The van der Waals surface area contributed by atoms with Gasteiger partial charge in [-0.05, 0) is 36.2 Å². The van der Waals surface area contributed by atoms with Crippen LogP contribution in [0.5, 0.6) is 0 Å². The minimum atomic E-state index is -2.94. The smallest absolute Gasteiger partial charge is 0.234 e. The van der Waals surface area contributed by atoms with Gasteiger partial charge in [-0.1, -0.05) is 18.2 Å². The molecule has 1 unspecified atom stereocenters. The van der Waals surface area contributed by atoms with E-state index < -0.39 is 9.84 Å². The molecular weight excluding hydrogens is 413 g/mol. The Labute approximate surface area is 172 Å². The van der Waals surface area contributed by atoms with Gasteiger partial charge in [0.1, 0.15) is 11.6 Å². The van der Waals surface area contributed by atoms with Crippen molar-refractivity contribution in [3.8, 4) is 0 Å². The maximum atomic E-state index is 13.8. The Hall–Kier alpha value is -2.39. The Morgan fingerprint density at radius 2 is 2.10 bits per heavy atom. The number of carbonyl (C=O) groups is 1. The topological polar surface area (TPSA) is 91.9 Å². The first-order valence-electron chi connectivity index (χ1n) is 9.22. The molecule has 1 aliphatic rings. The molecular formula is C20H20FN3O3S2. The number of thioether (sulfide) groups is 1. The molecule has 0 radical (unpaired) electrons. The van der Waals surface area contributed by atoms with Crippen LogP contribution in [0.1, 0.15) is 17.8 Å². The van der Waals surface area contributed by atoms with Crippen molar-refractivity contribution in [2.75, 3.05) is 22.6 Å². The third-order valence-corrected chi connectivity index (χ3v) is 8.05. The number of hydrogen-bond acceptors (Lipinski definition) is 5. The normalized spacial score (nSPS) is 18.2. The first kappa shape index (κ1) is 19.9. The predicted octanol–water partition coefficient (Wildman–Crippen LogP) is 3.15. The second-order valence-corrected chi connectivity index (χ2v) is 10.6. The molecule has 1 saturated heterocycles. The molecule has 1 atom stereocenters. The molecule has 1 aromatic heterocycles. The van der Waals surface area contributed by atoms with Gasteiger partial charge in [0.2, 0.25) is 5.91 Å². The molecule has 2 aromatic carbocycles. The van der Waals surface area contributed by atoms with Gasteiger partial charge in [-0.3, -0.25) is 4.79 Å². The van der Waals surface area contributed by atoms with E-state index in [2.05, 4.69) is 15.3 Å². The van der Waals surface area contributed by atoms with E-state index in [1.165, 1.54) is 17.8 Å². The highest BCUT2D eigenvalue weighted by Crippen LogP contribution is 2.25. The summed E-state index contributed by atoms with van der Waals surface area (Å²) in [5.41, 5.74) is 2.68. The fraction of sp³-hybridized carbons (Fsp3) is 0.300. The number of fused-ring (bicyclic) bond motifs is 1. The van der Waals surface area contributed by atoms with Crippen LogP contribution < -0.4 is 5.32 Å². The van der Waals surface area contributed by atoms with Crippen molar-refractivity contribution in [2.45, 2.75) is 18.1 Å². The van der Waals surface area contributed by atoms with Crippen LogP contribution in [-0.4, -0.2) is 46.8 Å². The summed E-state index contributed by atoms with van der Waals surface area (Å²) in [5.74, 6) is 0.762. The van der Waals surface area contributed by atoms with Crippen LogP contribution in [0, 0.1) is 5.82 Å². The summed E-state index contributed by atoms with van der Waals surface area (Å²) in [6, 6.07) is 11.9. The predicted molar refractivity (Wildman–Crippen MR) is 113 cm³/mol. The number of nitrogens with one attached hydrogen (secondary N) is 2. The highest BCUT2D eigenvalue weighted by molar-refractivity contribution is 8.02. The number of rotatable bonds is 6. The van der Waals surface area contributed by atoms with Crippen LogP contribution in [0.25, 0.3) is 11.0 Å². The van der Waals surface area contributed by atoms with E-state index in [1.807, 2.05) is 0 Å². The summed E-state index contributed by atoms with van der Waals surface area (Å²) in [6.45, 7) is 0. The molecule has 0 spiro atoms. The number of aromatic amines is 1. The Morgan fingerprint density at radius 1 is 1.28 bits per heavy atom. The van der Waals surface area contributed by atoms with Crippen LogP contribution in [-0.2, 0) is 21.1 Å². The average molecular weight is 434 g/mol. The van der Waals surface area contributed by atoms with Crippen molar-refractivity contribution >= 4 is 44.2 Å². The first-order valence-corrected chi connectivity index (χ1v) is 12.1. The zero-order valence-electron chi connectivity index (χ0n) is 15.5. The first-order chi connectivity index (χ1) is 13.9. The molecule has 1 amide bonds. The van der Waals surface area contributed by atoms with E-state index in [4.69, 9.17) is 0 Å². The van der Waals surface area contributed by atoms with Crippen molar-refractivity contribution in [1.29, 1.82) is 0 Å². The van der Waals surface area contributed by atoms with E-state index in [-0.39, 0.29) is 34.2 Å². The Bertz CT molecular complexity index is 1160. The van der Waals surface area contributed by atoms with E-state index in [1.54, 1.807) is 36.4 Å². The zero-order valence-corrected chi connectivity index (χ0v) is 17.2. The number of imidazole rings is 1. The summed E-state index contributed by atoms with van der Waals surface area (Å²) >= 11 is 1.38. The third-order valence-electron chi connectivity index (χ3n) is 4.77. The lowest BCUT2D eigenvalue weighted by molar-refractivity contribution is -0.113. The number of sulfone groups is 1. The summed E-state index contributed by atoms with van der Waals surface area (Å²) in [4.78, 5) is 19.8. The van der Waals surface area contributed by atoms with Gasteiger partial charge in [0.05, 0.1) is 28.3 Å². The Morgan fingerprint density at radius 3 is 2.86 bits per heavy atom. The molecule has 0 saturated carbocycles. The van der Waals surface area contributed by atoms with Gasteiger partial charge >= 0.3 is 0 Å². The average Bonchev–Trinajstić information content (AvgIpc) is 3.23. The van der Waals surface area contributed by atoms with Crippen LogP contribution in [0.3, 0.4) is 0 Å². The van der Waals surface area contributed by atoms with E-state index in [9.17, 15) is 17.6 Å². The van der Waals surface area contributed by atoms with Crippen LogP contribution >= 0.6 is 11.8 Å². The van der Waals surface area contributed by atoms with Crippen LogP contribution in [0.4, 0.5) is 10.1 Å². The quantitative estimate of drug-likeness (QED) is 0.623. The highest BCUT2D eigenvalue weighted by atomic mass is 32.2. The van der Waals surface area contributed by atoms with Gasteiger partial charge in [0.25, 0.3) is 0 Å². The Kier molecular flexibility index (Phi) is 5.60. The van der Waals surface area contributed by atoms with Gasteiger partial charge in [0.15, 0.2) is 9.84 Å². The zero-order chi connectivity index (χ0) is 20.4. The largest absolute Gasteiger partial charge is 0.342 e. The van der Waals surface area contributed by atoms with E-state index in [0.29, 0.717) is 29.9 Å². The lowest BCUT2D eigenvalue weighted by Gasteiger charge is -2.08. The van der Waals surface area contributed by atoms with Gasteiger partial charge < -0.3 is 10.3 Å². The number of hydrogen-bond donors (Lipinski definition) is 2. The summed E-state index contributed by atoms with van der Waals surface area (Å²) in [5, 5.41) is 2.82. The lowest BCUT2D eigenvalue weighted by Crippen LogP contribution is -2.17. The van der Waals surface area contributed by atoms with Gasteiger partial charge in [-0.25, -0.2) is 17.8 Å². The maximum Gasteiger partial charge on any atom is 0.234 e. The van der Waals surface area contributed by atoms with Crippen molar-refractivity contribution < 1.29 is 17.6 Å². The molecule has 4 rings (SSSR count). The highest BCUT2D eigenvalue weighted by Gasteiger charge is 2.28. The summed E-state index contributed by atoms with van der Waals surface area (Å²) in [6.07, 6.45) is 0.954. The number of nitrogens with zero attached hydrogens (tertiary/aromatic N) is 1. The monoisotopic (exact) mass is 433 g/mol. The van der Waals surface area contributed by atoms with Crippen molar-refractivity contribution in [1.82, 2.24) is 9.97 Å². The standard InChI is InChI=1S/C20H20FN3O3S2/c21-16-4-2-1-3-13(16)9-19-23-17-6-5-14(10-18(17)24-19)22-20(25)11-28-15-7-8-29(26,27)12-15/h1-6,10,15H,7-9,11-12H2,(H,22,25)(H,23,24). The number of carbonyl (C=O) groups excluding carboxylic acids is 1. The van der Waals surface area contributed by atoms with Gasteiger partial charge in [-0.15, -0.1) is 11.8 Å². The maximum absolute atomic E-state index is 13.8. The SMILES string of the molecule is O=C(CSC1CCS(=O)(=O)C1)Nc1ccc2nc(Cc3ccccc3F)[nH]c2c1. The molecule has 0 aliphatic carbocycles. The molecule has 3 aromatic rings. The molecule has 9 heteroatoms. The lowest BCUT2D eigenvalue weighted by atomic mass is 10.1. The molecule has 0 bridgehead atoms. The number of amides is 1. The van der Waals surface area contributed by atoms with Gasteiger partial charge in [0, 0.05) is 17.4 Å². The fourth-order valence-electron chi connectivity index (χ4n) is 3.33. The van der Waals surface area contributed by atoms with Crippen molar-refractivity contribution in [3.63, 3.8) is 0 Å². The third kappa shape index (κ3) is 4.97. The number of aromatic nitrogens is 2. The van der Waals surface area contributed by atoms with Crippen LogP contribution in [0.2, 0.25) is 0 Å². The number of H-pyrrole nitrogens is 1. The molecule has 152 valence electrons. The molecule has 1 aliphatic heterocycles. The second-order valence-electron chi connectivity index (χ2n) is 7.07. The molecule has 1 fully saturated rings. The van der Waals surface area contributed by atoms with E-state index >= 15 is 0 Å². The minimum absolute atomic E-state index is 0.0122. The molecule has 6 nitrogen and oxygen atoms in total. The second kappa shape index (κ2) is 8.16. The van der Waals surface area contributed by atoms with E-state index in [0.717, 1.165) is 11.0 Å². The van der Waals surface area contributed by atoms with Crippen molar-refractivity contribution in [2.24, 2.45) is 0 Å². The minimum Gasteiger partial charge on any atom is -0.342 e. The fourth-order valence-corrected chi connectivity index (χ4v) is 6.77. The van der Waals surface area contributed by atoms with Gasteiger partial charge in [-0.2, -0.15) is 0 Å². The molecule has 2 N–H and O–H groups in total. The number of benzene rings is 2. The number of halogens is 1. The summed E-state index contributed by atoms with van der Waals surface area (Å²) in [7, 11) is -2.94. The van der Waals surface area contributed by atoms with Crippen molar-refractivity contribution in [3.05, 3.63) is 59.7 Å². The molecule has 29 heavy (non-hydrogen) atoms. The molecule has 2 heterocycles. The van der Waals surface area contributed by atoms with Crippen LogP contribution in [0.15, 0.2) is 42.5 Å².